The molecule has 1 heterocycles. The minimum atomic E-state index is 0.512. The normalized spacial score (nSPS) is 10.8. The van der Waals surface area contributed by atoms with E-state index < -0.39 is 0 Å². The summed E-state index contributed by atoms with van der Waals surface area (Å²) >= 11 is 5.78. The lowest BCUT2D eigenvalue weighted by Crippen LogP contribution is -2.28. The van der Waals surface area contributed by atoms with Crippen molar-refractivity contribution >= 4 is 17.4 Å². The van der Waals surface area contributed by atoms with E-state index in [0.717, 1.165) is 32.1 Å². The van der Waals surface area contributed by atoms with Crippen molar-refractivity contribution in [3.05, 3.63) is 23.4 Å². The first-order valence-electron chi connectivity index (χ1n) is 5.26. The first-order valence-corrected chi connectivity index (χ1v) is 5.64. The fourth-order valence-corrected chi connectivity index (χ4v) is 1.40. The van der Waals surface area contributed by atoms with Crippen LogP contribution in [0, 0.1) is 0 Å². The molecule has 0 spiro atoms. The molecule has 16 heavy (non-hydrogen) atoms. The molecule has 4 nitrogen and oxygen atoms in total. The zero-order valence-electron chi connectivity index (χ0n) is 9.74. The average Bonchev–Trinajstić information content (AvgIpc) is 2.26. The molecule has 0 atom stereocenters. The Balaban J connectivity index is 2.20. The predicted molar refractivity (Wildman–Crippen MR) is 67.1 cm³/mol. The van der Waals surface area contributed by atoms with Crippen molar-refractivity contribution in [1.29, 1.82) is 0 Å². The van der Waals surface area contributed by atoms with E-state index in [4.69, 9.17) is 16.3 Å². The van der Waals surface area contributed by atoms with Gasteiger partial charge in [-0.2, -0.15) is 0 Å². The second kappa shape index (κ2) is 7.44. The SMILES string of the molecule is COCCN(C)CCNc1cccc(Cl)n1. The number of methoxy groups -OCH3 is 1. The van der Waals surface area contributed by atoms with Crippen molar-refractivity contribution in [2.75, 3.05) is 45.7 Å². The number of halogens is 1. The number of nitrogens with one attached hydrogen (secondary N) is 1. The van der Waals surface area contributed by atoms with Crippen molar-refractivity contribution < 1.29 is 4.74 Å². The van der Waals surface area contributed by atoms with Gasteiger partial charge in [0.1, 0.15) is 11.0 Å². The molecule has 1 aromatic heterocycles. The lowest BCUT2D eigenvalue weighted by molar-refractivity contribution is 0.163. The van der Waals surface area contributed by atoms with Crippen molar-refractivity contribution in [3.63, 3.8) is 0 Å². The largest absolute Gasteiger partial charge is 0.383 e. The van der Waals surface area contributed by atoms with Gasteiger partial charge in [0.05, 0.1) is 6.61 Å². The Kier molecular flexibility index (Phi) is 6.15. The first-order chi connectivity index (χ1) is 7.72. The number of hydrogen-bond acceptors (Lipinski definition) is 4. The van der Waals surface area contributed by atoms with E-state index in [0.29, 0.717) is 5.15 Å². The van der Waals surface area contributed by atoms with Crippen molar-refractivity contribution in [1.82, 2.24) is 9.88 Å². The van der Waals surface area contributed by atoms with Gasteiger partial charge in [-0.1, -0.05) is 17.7 Å². The smallest absolute Gasteiger partial charge is 0.131 e. The third-order valence-corrected chi connectivity index (χ3v) is 2.40. The predicted octanol–water partition coefficient (Wildman–Crippen LogP) is 1.73. The van der Waals surface area contributed by atoms with Crippen LogP contribution < -0.4 is 5.32 Å². The molecular formula is C11H18ClN3O. The Bertz CT molecular complexity index is 309. The highest BCUT2D eigenvalue weighted by Gasteiger charge is 1.98. The van der Waals surface area contributed by atoms with Crippen LogP contribution in [0.3, 0.4) is 0 Å². The van der Waals surface area contributed by atoms with E-state index in [1.54, 1.807) is 13.2 Å². The van der Waals surface area contributed by atoms with Gasteiger partial charge in [0, 0.05) is 26.7 Å². The Morgan fingerprint density at radius 1 is 1.44 bits per heavy atom. The molecule has 0 aliphatic carbocycles. The summed E-state index contributed by atoms with van der Waals surface area (Å²) in [7, 11) is 3.77. The fraction of sp³-hybridized carbons (Fsp3) is 0.545. The number of nitrogens with zero attached hydrogens (tertiary/aromatic N) is 2. The lowest BCUT2D eigenvalue weighted by atomic mass is 10.4. The molecule has 0 bridgehead atoms. The van der Waals surface area contributed by atoms with Crippen LogP contribution in [-0.4, -0.2) is 50.3 Å². The third kappa shape index (κ3) is 5.30. The van der Waals surface area contributed by atoms with Gasteiger partial charge in [-0.3, -0.25) is 0 Å². The van der Waals surface area contributed by atoms with Crippen molar-refractivity contribution in [2.24, 2.45) is 0 Å². The second-order valence-corrected chi connectivity index (χ2v) is 3.96. The van der Waals surface area contributed by atoms with E-state index in [-0.39, 0.29) is 0 Å². The maximum Gasteiger partial charge on any atom is 0.131 e. The maximum absolute atomic E-state index is 5.78. The van der Waals surface area contributed by atoms with Gasteiger partial charge in [0.25, 0.3) is 0 Å². The van der Waals surface area contributed by atoms with Crippen LogP contribution in [-0.2, 0) is 4.74 Å². The molecule has 0 amide bonds. The maximum atomic E-state index is 5.78. The molecule has 0 aliphatic rings. The molecule has 5 heteroatoms. The third-order valence-electron chi connectivity index (χ3n) is 2.19. The standard InChI is InChI=1S/C11H18ClN3O/c1-15(8-9-16-2)7-6-13-11-5-3-4-10(12)14-11/h3-5H,6-9H2,1-2H3,(H,13,14). The summed E-state index contributed by atoms with van der Waals surface area (Å²) in [6, 6.07) is 5.55. The zero-order valence-corrected chi connectivity index (χ0v) is 10.5. The van der Waals surface area contributed by atoms with Crippen molar-refractivity contribution in [2.45, 2.75) is 0 Å². The summed E-state index contributed by atoms with van der Waals surface area (Å²) < 4.78 is 5.00. The second-order valence-electron chi connectivity index (χ2n) is 3.57. The molecule has 0 aromatic carbocycles. The summed E-state index contributed by atoms with van der Waals surface area (Å²) in [6.45, 7) is 3.47. The molecule has 1 aromatic rings. The van der Waals surface area contributed by atoms with Gasteiger partial charge in [-0.25, -0.2) is 4.98 Å². The Labute approximate surface area is 102 Å². The molecule has 0 unspecified atom stereocenters. The highest BCUT2D eigenvalue weighted by atomic mass is 35.5. The Morgan fingerprint density at radius 3 is 2.94 bits per heavy atom. The Hall–Kier alpha value is -0.840. The summed E-state index contributed by atoms with van der Waals surface area (Å²) in [6.07, 6.45) is 0. The van der Waals surface area contributed by atoms with Crippen LogP contribution in [0.2, 0.25) is 5.15 Å². The first kappa shape index (κ1) is 13.2. The van der Waals surface area contributed by atoms with E-state index in [1.165, 1.54) is 0 Å². The highest BCUT2D eigenvalue weighted by Crippen LogP contribution is 2.08. The molecule has 90 valence electrons. The van der Waals surface area contributed by atoms with Crippen LogP contribution in [0.5, 0.6) is 0 Å². The highest BCUT2D eigenvalue weighted by molar-refractivity contribution is 6.29. The minimum Gasteiger partial charge on any atom is -0.383 e. The van der Waals surface area contributed by atoms with Crippen LogP contribution >= 0.6 is 11.6 Å². The van der Waals surface area contributed by atoms with Gasteiger partial charge in [-0.15, -0.1) is 0 Å². The molecule has 1 rings (SSSR count). The molecule has 0 radical (unpaired) electrons. The number of anilines is 1. The van der Waals surface area contributed by atoms with Crippen LogP contribution in [0.4, 0.5) is 5.82 Å². The molecule has 0 saturated heterocycles. The Morgan fingerprint density at radius 2 is 2.25 bits per heavy atom. The van der Waals surface area contributed by atoms with E-state index in [1.807, 2.05) is 12.1 Å². The number of rotatable bonds is 7. The van der Waals surface area contributed by atoms with E-state index >= 15 is 0 Å². The number of likely N-dealkylation sites (N-methyl/N-ethyl adjacent to an activating group) is 1. The van der Waals surface area contributed by atoms with E-state index in [9.17, 15) is 0 Å². The van der Waals surface area contributed by atoms with Crippen LogP contribution in [0.25, 0.3) is 0 Å². The average molecular weight is 244 g/mol. The van der Waals surface area contributed by atoms with Gasteiger partial charge < -0.3 is 15.0 Å². The topological polar surface area (TPSA) is 37.4 Å². The van der Waals surface area contributed by atoms with Crippen LogP contribution in [0.15, 0.2) is 18.2 Å². The quantitative estimate of drug-likeness (QED) is 0.740. The summed E-state index contributed by atoms with van der Waals surface area (Å²) in [4.78, 5) is 6.34. The van der Waals surface area contributed by atoms with Gasteiger partial charge >= 0.3 is 0 Å². The van der Waals surface area contributed by atoms with Gasteiger partial charge in [0.15, 0.2) is 0 Å². The molecule has 0 aliphatic heterocycles. The molecule has 0 fully saturated rings. The molecule has 0 saturated carbocycles. The minimum absolute atomic E-state index is 0.512. The number of ether oxygens (including phenoxy) is 1. The monoisotopic (exact) mass is 243 g/mol. The van der Waals surface area contributed by atoms with Crippen LogP contribution in [0.1, 0.15) is 0 Å². The van der Waals surface area contributed by atoms with Gasteiger partial charge in [-0.05, 0) is 19.2 Å². The summed E-state index contributed by atoms with van der Waals surface area (Å²) in [5.41, 5.74) is 0. The molecular weight excluding hydrogens is 226 g/mol. The number of pyridine rings is 1. The number of aromatic nitrogens is 1. The number of hydrogen-bond donors (Lipinski definition) is 1. The lowest BCUT2D eigenvalue weighted by Gasteiger charge is -2.16. The molecule has 1 N–H and O–H groups in total. The van der Waals surface area contributed by atoms with Crippen molar-refractivity contribution in [3.8, 4) is 0 Å². The fourth-order valence-electron chi connectivity index (χ4n) is 1.24. The summed E-state index contributed by atoms with van der Waals surface area (Å²) in [5.74, 6) is 0.813. The zero-order chi connectivity index (χ0) is 11.8. The van der Waals surface area contributed by atoms with Gasteiger partial charge in [0.2, 0.25) is 0 Å². The summed E-state index contributed by atoms with van der Waals surface area (Å²) in [5, 5.41) is 3.73. The van der Waals surface area contributed by atoms with E-state index in [2.05, 4.69) is 22.2 Å².